The fourth-order valence-electron chi connectivity index (χ4n) is 5.09. The van der Waals surface area contributed by atoms with E-state index in [1.807, 2.05) is 27.9 Å². The lowest BCUT2D eigenvalue weighted by molar-refractivity contribution is -0.134. The number of aromatic amines is 1. The molecule has 2 saturated heterocycles. The number of halogens is 1. The van der Waals surface area contributed by atoms with E-state index in [-0.39, 0.29) is 11.5 Å². The molecule has 194 valence electrons. The monoisotopic (exact) mass is 535 g/mol. The zero-order valence-corrected chi connectivity index (χ0v) is 21.7. The molecule has 3 aliphatic rings. The number of rotatable bonds is 4. The van der Waals surface area contributed by atoms with Crippen LogP contribution in [0.5, 0.6) is 0 Å². The van der Waals surface area contributed by atoms with Gasteiger partial charge in [0.05, 0.1) is 28.9 Å². The maximum Gasteiger partial charge on any atom is 0.261 e. The van der Waals surface area contributed by atoms with Crippen LogP contribution in [-0.4, -0.2) is 80.9 Å². The fourth-order valence-corrected chi connectivity index (χ4v) is 5.23. The van der Waals surface area contributed by atoms with Crippen molar-refractivity contribution < 1.29 is 17.8 Å². The van der Waals surface area contributed by atoms with Crippen LogP contribution < -0.4 is 4.90 Å². The van der Waals surface area contributed by atoms with Crippen molar-refractivity contribution in [1.29, 1.82) is 0 Å². The minimum absolute atomic E-state index is 0.0680. The van der Waals surface area contributed by atoms with Crippen LogP contribution in [0.3, 0.4) is 0 Å². The number of H-pyrrole nitrogens is 1. The van der Waals surface area contributed by atoms with Gasteiger partial charge in [-0.15, -0.1) is 0 Å². The predicted molar refractivity (Wildman–Crippen MR) is 136 cm³/mol. The standard InChI is InChI=1S/C22H26ClN7O.CH4O3S/c23-16-12-24-30(14-16)22(7-8-22)21-25-17-5-6-18(26-19(17)27-21)29-11-3-4-15(13-29)20(31)28-9-1-2-10-28;1-5(2,3)4/h5-6,12,14-15H,1-4,7-11,13H2,(H,25,26,27);1H3,(H,2,3,4). The second kappa shape index (κ2) is 9.64. The summed E-state index contributed by atoms with van der Waals surface area (Å²) in [5.41, 5.74) is 1.39. The molecular formula is C23H30ClN7O4S. The molecule has 0 aromatic carbocycles. The van der Waals surface area contributed by atoms with Crippen LogP contribution in [0, 0.1) is 5.92 Å². The van der Waals surface area contributed by atoms with Gasteiger partial charge in [0.2, 0.25) is 5.91 Å². The van der Waals surface area contributed by atoms with Gasteiger partial charge in [-0.05, 0) is 50.7 Å². The zero-order valence-electron chi connectivity index (χ0n) is 20.1. The first-order valence-electron chi connectivity index (χ1n) is 12.2. The quantitative estimate of drug-likeness (QED) is 0.486. The number of pyridine rings is 1. The number of amides is 1. The number of nitrogens with zero attached hydrogens (tertiary/aromatic N) is 6. The average molecular weight is 536 g/mol. The molecular weight excluding hydrogens is 506 g/mol. The van der Waals surface area contributed by atoms with Gasteiger partial charge in [0.15, 0.2) is 5.65 Å². The van der Waals surface area contributed by atoms with Gasteiger partial charge in [0, 0.05) is 32.4 Å². The van der Waals surface area contributed by atoms with Crippen molar-refractivity contribution in [2.75, 3.05) is 37.3 Å². The van der Waals surface area contributed by atoms with Gasteiger partial charge >= 0.3 is 0 Å². The number of aromatic nitrogens is 5. The summed E-state index contributed by atoms with van der Waals surface area (Å²) < 4.78 is 27.8. The Morgan fingerprint density at radius 1 is 1.17 bits per heavy atom. The van der Waals surface area contributed by atoms with Crippen molar-refractivity contribution in [3.63, 3.8) is 0 Å². The number of fused-ring (bicyclic) bond motifs is 1. The summed E-state index contributed by atoms with van der Waals surface area (Å²) in [7, 11) is -3.67. The van der Waals surface area contributed by atoms with Crippen molar-refractivity contribution in [2.45, 2.75) is 44.1 Å². The van der Waals surface area contributed by atoms with Crippen molar-refractivity contribution in [1.82, 2.24) is 29.6 Å². The summed E-state index contributed by atoms with van der Waals surface area (Å²) in [6, 6.07) is 4.09. The fraction of sp³-hybridized carbons (Fsp3) is 0.565. The molecule has 2 N–H and O–H groups in total. The third kappa shape index (κ3) is 5.35. The van der Waals surface area contributed by atoms with E-state index < -0.39 is 10.1 Å². The third-order valence-corrected chi connectivity index (χ3v) is 7.19. The molecule has 1 atom stereocenters. The summed E-state index contributed by atoms with van der Waals surface area (Å²) in [6.07, 6.45) is 10.4. The van der Waals surface area contributed by atoms with E-state index in [1.54, 1.807) is 6.20 Å². The van der Waals surface area contributed by atoms with Gasteiger partial charge in [-0.2, -0.15) is 13.5 Å². The molecule has 6 rings (SSSR count). The smallest absolute Gasteiger partial charge is 0.261 e. The number of hydrogen-bond donors (Lipinski definition) is 2. The van der Waals surface area contributed by atoms with E-state index in [2.05, 4.69) is 15.0 Å². The number of carbonyl (C=O) groups excluding carboxylic acids is 1. The third-order valence-electron chi connectivity index (χ3n) is 7.00. The van der Waals surface area contributed by atoms with Gasteiger partial charge in [0.25, 0.3) is 10.1 Å². The predicted octanol–water partition coefficient (Wildman–Crippen LogP) is 2.69. The zero-order chi connectivity index (χ0) is 25.5. The molecule has 1 aliphatic carbocycles. The summed E-state index contributed by atoms with van der Waals surface area (Å²) in [5, 5.41) is 5.04. The second-order valence-corrected chi connectivity index (χ2v) is 11.7. The number of anilines is 1. The number of imidazole rings is 1. The largest absolute Gasteiger partial charge is 0.356 e. The molecule has 3 fully saturated rings. The highest BCUT2D eigenvalue weighted by Gasteiger charge is 2.50. The summed E-state index contributed by atoms with van der Waals surface area (Å²) in [6.45, 7) is 3.49. The molecule has 36 heavy (non-hydrogen) atoms. The van der Waals surface area contributed by atoms with Gasteiger partial charge in [-0.1, -0.05) is 11.6 Å². The van der Waals surface area contributed by atoms with Crippen LogP contribution in [0.25, 0.3) is 11.2 Å². The Bertz CT molecular complexity index is 1350. The molecule has 0 radical (unpaired) electrons. The van der Waals surface area contributed by atoms with Crippen LogP contribution in [0.15, 0.2) is 24.5 Å². The van der Waals surface area contributed by atoms with Gasteiger partial charge in [-0.25, -0.2) is 9.97 Å². The SMILES string of the molecule is CS(=O)(=O)O.O=C(C1CCCN(c2ccc3[nH]c(C4(n5cc(Cl)cn5)CC4)nc3n2)C1)N1CCCC1. The van der Waals surface area contributed by atoms with Crippen molar-refractivity contribution in [3.05, 3.63) is 35.4 Å². The number of piperidine rings is 1. The molecule has 1 saturated carbocycles. The van der Waals surface area contributed by atoms with E-state index in [9.17, 15) is 13.2 Å². The Kier molecular flexibility index (Phi) is 6.69. The Morgan fingerprint density at radius 3 is 2.53 bits per heavy atom. The van der Waals surface area contributed by atoms with Crippen LogP contribution in [0.1, 0.15) is 44.3 Å². The molecule has 0 spiro atoms. The van der Waals surface area contributed by atoms with E-state index in [1.165, 1.54) is 0 Å². The van der Waals surface area contributed by atoms with Gasteiger partial charge in [-0.3, -0.25) is 14.0 Å². The molecule has 11 nitrogen and oxygen atoms in total. The van der Waals surface area contributed by atoms with Crippen LogP contribution in [0.2, 0.25) is 5.02 Å². The number of hydrogen-bond acceptors (Lipinski definition) is 7. The summed E-state index contributed by atoms with van der Waals surface area (Å²) >= 11 is 6.08. The second-order valence-electron chi connectivity index (χ2n) is 9.81. The van der Waals surface area contributed by atoms with E-state index >= 15 is 0 Å². The lowest BCUT2D eigenvalue weighted by Gasteiger charge is -2.34. The molecule has 3 aromatic heterocycles. The van der Waals surface area contributed by atoms with Gasteiger partial charge in [0.1, 0.15) is 17.2 Å². The van der Waals surface area contributed by atoms with Crippen LogP contribution in [-0.2, 0) is 20.5 Å². The first-order valence-corrected chi connectivity index (χ1v) is 14.4. The maximum absolute atomic E-state index is 12.9. The lowest BCUT2D eigenvalue weighted by atomic mass is 9.96. The topological polar surface area (TPSA) is 137 Å². The molecule has 1 unspecified atom stereocenters. The highest BCUT2D eigenvalue weighted by atomic mass is 35.5. The molecule has 3 aromatic rings. The Balaban J connectivity index is 0.000000489. The first kappa shape index (κ1) is 25.0. The first-order chi connectivity index (χ1) is 17.1. The lowest BCUT2D eigenvalue weighted by Crippen LogP contribution is -2.44. The molecule has 13 heteroatoms. The minimum Gasteiger partial charge on any atom is -0.356 e. The van der Waals surface area contributed by atoms with E-state index in [0.717, 1.165) is 81.9 Å². The molecule has 0 bridgehead atoms. The Morgan fingerprint density at radius 2 is 1.89 bits per heavy atom. The minimum atomic E-state index is -3.67. The van der Waals surface area contributed by atoms with E-state index in [0.29, 0.717) is 22.8 Å². The Labute approximate surface area is 214 Å². The van der Waals surface area contributed by atoms with Crippen molar-refractivity contribution in [3.8, 4) is 0 Å². The number of likely N-dealkylation sites (tertiary alicyclic amines) is 1. The molecule has 5 heterocycles. The van der Waals surface area contributed by atoms with E-state index in [4.69, 9.17) is 26.1 Å². The van der Waals surface area contributed by atoms with Crippen LogP contribution >= 0.6 is 11.6 Å². The highest BCUT2D eigenvalue weighted by molar-refractivity contribution is 7.85. The summed E-state index contributed by atoms with van der Waals surface area (Å²) in [4.78, 5) is 30.3. The molecule has 1 amide bonds. The number of nitrogens with one attached hydrogen (secondary N) is 1. The summed E-state index contributed by atoms with van der Waals surface area (Å²) in [5.74, 6) is 2.17. The van der Waals surface area contributed by atoms with Crippen molar-refractivity contribution in [2.24, 2.45) is 5.92 Å². The highest BCUT2D eigenvalue weighted by Crippen LogP contribution is 2.48. The normalized spacial score (nSPS) is 21.4. The number of carbonyl (C=O) groups is 1. The average Bonchev–Trinajstić information content (AvgIpc) is 3.21. The van der Waals surface area contributed by atoms with Crippen LogP contribution in [0.4, 0.5) is 5.82 Å². The molecule has 2 aliphatic heterocycles. The maximum atomic E-state index is 12.9. The van der Waals surface area contributed by atoms with Crippen molar-refractivity contribution >= 4 is 44.6 Å². The Hall–Kier alpha value is -2.70. The van der Waals surface area contributed by atoms with Gasteiger partial charge < -0.3 is 14.8 Å².